The van der Waals surface area contributed by atoms with Gasteiger partial charge in [0.1, 0.15) is 5.60 Å². The molecule has 0 amide bonds. The standard InChI is InChI=1S/C10H16F2O/c1-9(2)6-3-4-10(13,8(11)12)7(9)5-6/h6-8,13H,3-5H2,1-2H3. The second-order valence-corrected chi connectivity index (χ2v) is 5.14. The van der Waals surface area contributed by atoms with Gasteiger partial charge in [-0.2, -0.15) is 0 Å². The normalized spacial score (nSPS) is 47.5. The van der Waals surface area contributed by atoms with Crippen LogP contribution in [-0.2, 0) is 0 Å². The van der Waals surface area contributed by atoms with E-state index in [2.05, 4.69) is 0 Å². The van der Waals surface area contributed by atoms with Crippen LogP contribution in [0.4, 0.5) is 8.78 Å². The number of hydrogen-bond donors (Lipinski definition) is 1. The van der Waals surface area contributed by atoms with Crippen molar-refractivity contribution in [2.45, 2.75) is 45.1 Å². The molecule has 0 aromatic rings. The van der Waals surface area contributed by atoms with Crippen molar-refractivity contribution in [3.63, 3.8) is 0 Å². The lowest BCUT2D eigenvalue weighted by Crippen LogP contribution is -2.64. The summed E-state index contributed by atoms with van der Waals surface area (Å²) in [4.78, 5) is 0. The van der Waals surface area contributed by atoms with E-state index < -0.39 is 12.0 Å². The molecule has 0 saturated heterocycles. The highest BCUT2D eigenvalue weighted by Gasteiger charge is 2.63. The Bertz CT molecular complexity index is 225. The fourth-order valence-electron chi connectivity index (χ4n) is 3.20. The van der Waals surface area contributed by atoms with E-state index in [0.717, 1.165) is 12.8 Å². The van der Waals surface area contributed by atoms with Gasteiger partial charge < -0.3 is 5.11 Å². The van der Waals surface area contributed by atoms with Gasteiger partial charge in [-0.1, -0.05) is 13.8 Å². The average Bonchev–Trinajstić information content (AvgIpc) is 2.03. The highest BCUT2D eigenvalue weighted by atomic mass is 19.3. The van der Waals surface area contributed by atoms with Crippen molar-refractivity contribution in [3.05, 3.63) is 0 Å². The lowest BCUT2D eigenvalue weighted by molar-refractivity contribution is -0.249. The van der Waals surface area contributed by atoms with Gasteiger partial charge in [-0.05, 0) is 36.5 Å². The van der Waals surface area contributed by atoms with E-state index in [1.165, 1.54) is 0 Å². The average molecular weight is 190 g/mol. The molecule has 3 saturated carbocycles. The van der Waals surface area contributed by atoms with Gasteiger partial charge in [0.25, 0.3) is 6.43 Å². The summed E-state index contributed by atoms with van der Waals surface area (Å²) >= 11 is 0. The Hall–Kier alpha value is -0.180. The van der Waals surface area contributed by atoms with Crippen LogP contribution in [0, 0.1) is 17.3 Å². The van der Waals surface area contributed by atoms with Gasteiger partial charge >= 0.3 is 0 Å². The number of hydrogen-bond acceptors (Lipinski definition) is 1. The van der Waals surface area contributed by atoms with Crippen LogP contribution in [0.2, 0.25) is 0 Å². The number of halogens is 2. The molecule has 13 heavy (non-hydrogen) atoms. The molecule has 0 radical (unpaired) electrons. The van der Waals surface area contributed by atoms with Crippen LogP contribution >= 0.6 is 0 Å². The fraction of sp³-hybridized carbons (Fsp3) is 1.00. The molecule has 3 aliphatic rings. The number of alkyl halides is 2. The number of rotatable bonds is 1. The minimum absolute atomic E-state index is 0.0799. The van der Waals surface area contributed by atoms with Gasteiger partial charge in [-0.3, -0.25) is 0 Å². The Kier molecular flexibility index (Phi) is 1.76. The molecule has 3 aliphatic carbocycles. The highest BCUT2D eigenvalue weighted by molar-refractivity contribution is 5.11. The van der Waals surface area contributed by atoms with Crippen LogP contribution < -0.4 is 0 Å². The smallest absolute Gasteiger partial charge is 0.267 e. The summed E-state index contributed by atoms with van der Waals surface area (Å²) in [5.74, 6) is 0.357. The Morgan fingerprint density at radius 3 is 2.31 bits per heavy atom. The van der Waals surface area contributed by atoms with Gasteiger partial charge in [0.2, 0.25) is 0 Å². The first kappa shape index (κ1) is 9.38. The van der Waals surface area contributed by atoms with E-state index >= 15 is 0 Å². The first-order valence-corrected chi connectivity index (χ1v) is 4.89. The van der Waals surface area contributed by atoms with Crippen LogP contribution in [0.3, 0.4) is 0 Å². The van der Waals surface area contributed by atoms with E-state index in [4.69, 9.17) is 0 Å². The monoisotopic (exact) mass is 190 g/mol. The maximum absolute atomic E-state index is 12.7. The zero-order chi connectivity index (χ0) is 9.85. The van der Waals surface area contributed by atoms with Crippen molar-refractivity contribution in [2.24, 2.45) is 17.3 Å². The summed E-state index contributed by atoms with van der Waals surface area (Å²) in [5, 5.41) is 9.84. The highest BCUT2D eigenvalue weighted by Crippen LogP contribution is 2.63. The van der Waals surface area contributed by atoms with Gasteiger partial charge in [0.15, 0.2) is 0 Å². The Morgan fingerprint density at radius 1 is 1.38 bits per heavy atom. The van der Waals surface area contributed by atoms with Crippen molar-refractivity contribution < 1.29 is 13.9 Å². The zero-order valence-electron chi connectivity index (χ0n) is 8.06. The van der Waals surface area contributed by atoms with Gasteiger partial charge in [-0.15, -0.1) is 0 Å². The molecular formula is C10H16F2O. The molecule has 0 aromatic heterocycles. The predicted octanol–water partition coefficient (Wildman–Crippen LogP) is 2.44. The van der Waals surface area contributed by atoms with E-state index in [-0.39, 0.29) is 17.8 Å². The third-order valence-electron chi connectivity index (χ3n) is 4.35. The number of aliphatic hydroxyl groups is 1. The Morgan fingerprint density at radius 2 is 2.00 bits per heavy atom. The molecule has 3 rings (SSSR count). The predicted molar refractivity (Wildman–Crippen MR) is 45.6 cm³/mol. The van der Waals surface area contributed by atoms with E-state index in [0.29, 0.717) is 5.92 Å². The maximum atomic E-state index is 12.7. The van der Waals surface area contributed by atoms with Crippen LogP contribution in [0.1, 0.15) is 33.1 Å². The molecule has 3 fully saturated rings. The Labute approximate surface area is 77.1 Å². The molecule has 1 N–H and O–H groups in total. The SMILES string of the molecule is CC1(C)C2CCC(O)(C(F)F)C1C2. The topological polar surface area (TPSA) is 20.2 Å². The maximum Gasteiger partial charge on any atom is 0.267 e. The van der Waals surface area contributed by atoms with Crippen molar-refractivity contribution in [3.8, 4) is 0 Å². The molecule has 3 heteroatoms. The molecule has 3 unspecified atom stereocenters. The van der Waals surface area contributed by atoms with Crippen LogP contribution in [0.15, 0.2) is 0 Å². The van der Waals surface area contributed by atoms with Gasteiger partial charge in [-0.25, -0.2) is 8.78 Å². The van der Waals surface area contributed by atoms with Crippen LogP contribution in [0.5, 0.6) is 0 Å². The summed E-state index contributed by atoms with van der Waals surface area (Å²) < 4.78 is 25.3. The second-order valence-electron chi connectivity index (χ2n) is 5.14. The van der Waals surface area contributed by atoms with E-state index in [1.54, 1.807) is 0 Å². The number of fused-ring (bicyclic) bond motifs is 2. The first-order valence-electron chi connectivity index (χ1n) is 4.89. The summed E-state index contributed by atoms with van der Waals surface area (Å²) in [6.07, 6.45) is -0.764. The molecule has 0 aromatic carbocycles. The summed E-state index contributed by atoms with van der Waals surface area (Å²) in [5.41, 5.74) is -1.78. The minimum atomic E-state index is -2.59. The quantitative estimate of drug-likeness (QED) is 0.673. The summed E-state index contributed by atoms with van der Waals surface area (Å²) in [6, 6.07) is 0. The molecule has 1 nitrogen and oxygen atoms in total. The minimum Gasteiger partial charge on any atom is -0.384 e. The molecule has 0 aliphatic heterocycles. The molecule has 2 bridgehead atoms. The van der Waals surface area contributed by atoms with E-state index in [1.807, 2.05) is 13.8 Å². The third kappa shape index (κ3) is 0.997. The van der Waals surface area contributed by atoms with Crippen molar-refractivity contribution in [1.82, 2.24) is 0 Å². The lowest BCUT2D eigenvalue weighted by Gasteiger charge is -2.62. The molecule has 3 atom stereocenters. The third-order valence-corrected chi connectivity index (χ3v) is 4.35. The molecule has 0 heterocycles. The second kappa shape index (κ2) is 2.44. The molecule has 0 spiro atoms. The van der Waals surface area contributed by atoms with Crippen molar-refractivity contribution >= 4 is 0 Å². The van der Waals surface area contributed by atoms with Crippen molar-refractivity contribution in [1.29, 1.82) is 0 Å². The summed E-state index contributed by atoms with van der Waals surface area (Å²) in [6.45, 7) is 4.00. The largest absolute Gasteiger partial charge is 0.384 e. The fourth-order valence-corrected chi connectivity index (χ4v) is 3.20. The zero-order valence-corrected chi connectivity index (χ0v) is 8.06. The first-order chi connectivity index (χ1) is 5.89. The van der Waals surface area contributed by atoms with E-state index in [9.17, 15) is 13.9 Å². The Balaban J connectivity index is 2.24. The van der Waals surface area contributed by atoms with Crippen LogP contribution in [-0.4, -0.2) is 17.1 Å². The van der Waals surface area contributed by atoms with Gasteiger partial charge in [0.05, 0.1) is 0 Å². The lowest BCUT2D eigenvalue weighted by atomic mass is 9.44. The van der Waals surface area contributed by atoms with Gasteiger partial charge in [0, 0.05) is 0 Å². The molecule has 76 valence electrons. The molecular weight excluding hydrogens is 174 g/mol. The van der Waals surface area contributed by atoms with Crippen LogP contribution in [0.25, 0.3) is 0 Å². The summed E-state index contributed by atoms with van der Waals surface area (Å²) in [7, 11) is 0. The van der Waals surface area contributed by atoms with Crippen molar-refractivity contribution in [2.75, 3.05) is 0 Å².